The number of carbonyl (C=O) groups is 2. The highest BCUT2D eigenvalue weighted by atomic mass is 32.2. The van der Waals surface area contributed by atoms with Crippen molar-refractivity contribution in [1.82, 2.24) is 5.01 Å². The standard InChI is InChI=1S/C32H37N3O5S/c1-21(2)28(29(37)33-25-12-9-13-26(18-25)41-32(3,4)31(38)39-5)23-16-14-22(15-17-23)19-35-27(36)20-40-30(34-35)24-10-7-6-8-11-24/h6-18,21,28-29,33,37H,19-20H2,1-5H3. The normalized spacial score (nSPS) is 15.1. The van der Waals surface area contributed by atoms with Crippen molar-refractivity contribution in [2.24, 2.45) is 11.0 Å². The molecule has 1 aliphatic heterocycles. The molecule has 0 aliphatic carbocycles. The Bertz CT molecular complexity index is 1380. The average Bonchev–Trinajstić information content (AvgIpc) is 2.95. The number of benzene rings is 3. The maximum absolute atomic E-state index is 12.5. The summed E-state index contributed by atoms with van der Waals surface area (Å²) in [6, 6.07) is 25.0. The minimum absolute atomic E-state index is 0.0566. The number of aliphatic hydroxyl groups excluding tert-OH is 1. The van der Waals surface area contributed by atoms with Crippen LogP contribution in [0.3, 0.4) is 0 Å². The van der Waals surface area contributed by atoms with Gasteiger partial charge < -0.3 is 19.9 Å². The number of esters is 1. The third kappa shape index (κ3) is 7.68. The number of ether oxygens (including phenoxy) is 2. The van der Waals surface area contributed by atoms with Gasteiger partial charge in [-0.05, 0) is 61.2 Å². The van der Waals surface area contributed by atoms with Crippen LogP contribution in [-0.4, -0.2) is 52.6 Å². The molecule has 3 aromatic carbocycles. The quantitative estimate of drug-likeness (QED) is 0.174. The van der Waals surface area contributed by atoms with Gasteiger partial charge in [0.15, 0.2) is 6.61 Å². The molecule has 1 heterocycles. The molecular weight excluding hydrogens is 538 g/mol. The lowest BCUT2D eigenvalue weighted by atomic mass is 9.86. The van der Waals surface area contributed by atoms with Gasteiger partial charge in [0.25, 0.3) is 5.91 Å². The molecule has 0 saturated carbocycles. The summed E-state index contributed by atoms with van der Waals surface area (Å²) in [6.45, 7) is 8.04. The van der Waals surface area contributed by atoms with Crippen LogP contribution in [0.4, 0.5) is 5.69 Å². The Morgan fingerprint density at radius 3 is 2.46 bits per heavy atom. The summed E-state index contributed by atoms with van der Waals surface area (Å²) < 4.78 is 9.72. The molecule has 0 aromatic heterocycles. The van der Waals surface area contributed by atoms with E-state index in [0.717, 1.165) is 27.3 Å². The molecule has 0 bridgehead atoms. The van der Waals surface area contributed by atoms with Gasteiger partial charge in [-0.1, -0.05) is 62.4 Å². The molecule has 4 rings (SSSR count). The summed E-state index contributed by atoms with van der Waals surface area (Å²) in [6.07, 6.45) is -0.853. The molecule has 9 heteroatoms. The molecule has 0 radical (unpaired) electrons. The number of rotatable bonds is 11. The number of thioether (sulfide) groups is 1. The van der Waals surface area contributed by atoms with Crippen LogP contribution >= 0.6 is 11.8 Å². The van der Waals surface area contributed by atoms with E-state index in [2.05, 4.69) is 24.3 Å². The lowest BCUT2D eigenvalue weighted by molar-refractivity contribution is -0.142. The molecule has 1 amide bonds. The van der Waals surface area contributed by atoms with E-state index >= 15 is 0 Å². The van der Waals surface area contributed by atoms with Gasteiger partial charge in [-0.3, -0.25) is 9.59 Å². The van der Waals surface area contributed by atoms with Crippen LogP contribution < -0.4 is 5.32 Å². The van der Waals surface area contributed by atoms with Crippen molar-refractivity contribution in [2.45, 2.75) is 56.0 Å². The molecule has 2 unspecified atom stereocenters. The molecule has 2 atom stereocenters. The Morgan fingerprint density at radius 2 is 1.80 bits per heavy atom. The van der Waals surface area contributed by atoms with Crippen LogP contribution in [0.15, 0.2) is 88.9 Å². The number of aliphatic hydroxyl groups is 1. The van der Waals surface area contributed by atoms with Crippen LogP contribution in [0.2, 0.25) is 0 Å². The zero-order valence-corrected chi connectivity index (χ0v) is 24.9. The summed E-state index contributed by atoms with van der Waals surface area (Å²) in [5, 5.41) is 20.4. The second-order valence-electron chi connectivity index (χ2n) is 10.7. The smallest absolute Gasteiger partial charge is 0.321 e. The molecule has 8 nitrogen and oxygen atoms in total. The van der Waals surface area contributed by atoms with Crippen LogP contribution in [-0.2, 0) is 25.6 Å². The van der Waals surface area contributed by atoms with Gasteiger partial charge >= 0.3 is 5.97 Å². The predicted octanol–water partition coefficient (Wildman–Crippen LogP) is 5.62. The van der Waals surface area contributed by atoms with Gasteiger partial charge in [0.05, 0.1) is 13.7 Å². The largest absolute Gasteiger partial charge is 0.468 e. The number of hydrogen-bond acceptors (Lipinski definition) is 8. The molecule has 2 N–H and O–H groups in total. The van der Waals surface area contributed by atoms with E-state index < -0.39 is 11.0 Å². The van der Waals surface area contributed by atoms with Crippen molar-refractivity contribution in [3.8, 4) is 0 Å². The monoisotopic (exact) mass is 575 g/mol. The summed E-state index contributed by atoms with van der Waals surface area (Å²) in [5.74, 6) is -0.140. The van der Waals surface area contributed by atoms with Gasteiger partial charge in [0.1, 0.15) is 11.0 Å². The first-order chi connectivity index (χ1) is 19.6. The molecular formula is C32H37N3O5S. The zero-order valence-electron chi connectivity index (χ0n) is 24.0. The highest BCUT2D eigenvalue weighted by Gasteiger charge is 2.30. The fourth-order valence-electron chi connectivity index (χ4n) is 4.69. The zero-order chi connectivity index (χ0) is 29.6. The van der Waals surface area contributed by atoms with E-state index in [-0.39, 0.29) is 30.3 Å². The summed E-state index contributed by atoms with van der Waals surface area (Å²) in [7, 11) is 1.38. The van der Waals surface area contributed by atoms with E-state index in [4.69, 9.17) is 9.47 Å². The van der Waals surface area contributed by atoms with Crippen molar-refractivity contribution in [2.75, 3.05) is 19.0 Å². The third-order valence-corrected chi connectivity index (χ3v) is 7.97. The average molecular weight is 576 g/mol. The van der Waals surface area contributed by atoms with Gasteiger partial charge in [-0.15, -0.1) is 16.9 Å². The third-order valence-electron chi connectivity index (χ3n) is 6.81. The number of nitrogens with one attached hydrogen (secondary N) is 1. The minimum Gasteiger partial charge on any atom is -0.468 e. The van der Waals surface area contributed by atoms with Crippen molar-refractivity contribution in [3.05, 3.63) is 95.6 Å². The molecule has 3 aromatic rings. The molecule has 216 valence electrons. The number of amides is 1. The topological polar surface area (TPSA) is 100 Å². The minimum atomic E-state index is -0.853. The number of anilines is 1. The maximum atomic E-state index is 12.5. The fraction of sp³-hybridized carbons (Fsp3) is 0.344. The lowest BCUT2D eigenvalue weighted by Crippen LogP contribution is -2.36. The van der Waals surface area contributed by atoms with E-state index in [1.807, 2.05) is 92.7 Å². The number of carbonyl (C=O) groups excluding carboxylic acids is 2. The molecule has 41 heavy (non-hydrogen) atoms. The maximum Gasteiger partial charge on any atom is 0.321 e. The summed E-state index contributed by atoms with van der Waals surface area (Å²) in [5.41, 5.74) is 3.47. The lowest BCUT2D eigenvalue weighted by Gasteiger charge is -2.29. The molecule has 0 saturated heterocycles. The number of nitrogens with zero attached hydrogens (tertiary/aromatic N) is 2. The Morgan fingerprint density at radius 1 is 1.10 bits per heavy atom. The first-order valence-corrected chi connectivity index (χ1v) is 14.4. The molecule has 0 spiro atoms. The van der Waals surface area contributed by atoms with Crippen molar-refractivity contribution in [3.63, 3.8) is 0 Å². The number of methoxy groups -OCH3 is 1. The second-order valence-corrected chi connectivity index (χ2v) is 12.4. The van der Waals surface area contributed by atoms with Gasteiger partial charge in [-0.25, -0.2) is 5.01 Å². The Hall–Kier alpha value is -3.82. The highest BCUT2D eigenvalue weighted by Crippen LogP contribution is 2.35. The second kappa shape index (κ2) is 13.2. The highest BCUT2D eigenvalue weighted by molar-refractivity contribution is 8.01. The Balaban J connectivity index is 1.45. The van der Waals surface area contributed by atoms with E-state index in [0.29, 0.717) is 12.4 Å². The molecule has 1 aliphatic rings. The summed E-state index contributed by atoms with van der Waals surface area (Å²) in [4.78, 5) is 25.5. The van der Waals surface area contributed by atoms with E-state index in [1.165, 1.54) is 23.9 Å². The van der Waals surface area contributed by atoms with Gasteiger partial charge in [0, 0.05) is 22.1 Å². The van der Waals surface area contributed by atoms with Crippen molar-refractivity contribution >= 4 is 35.2 Å². The first kappa shape index (κ1) is 30.1. The van der Waals surface area contributed by atoms with Crippen LogP contribution in [0.25, 0.3) is 0 Å². The van der Waals surface area contributed by atoms with Crippen LogP contribution in [0.5, 0.6) is 0 Å². The van der Waals surface area contributed by atoms with Gasteiger partial charge in [0.2, 0.25) is 5.90 Å². The van der Waals surface area contributed by atoms with Gasteiger partial charge in [-0.2, -0.15) is 0 Å². The number of hydrogen-bond donors (Lipinski definition) is 2. The Kier molecular flexibility index (Phi) is 9.73. The van der Waals surface area contributed by atoms with E-state index in [1.54, 1.807) is 0 Å². The summed E-state index contributed by atoms with van der Waals surface area (Å²) >= 11 is 1.40. The van der Waals surface area contributed by atoms with E-state index in [9.17, 15) is 14.7 Å². The SMILES string of the molecule is COC(=O)C(C)(C)Sc1cccc(NC(O)C(c2ccc(CN3N=C(c4ccccc4)OCC3=O)cc2)C(C)C)c1. The number of hydrazone groups is 1. The van der Waals surface area contributed by atoms with Crippen molar-refractivity contribution in [1.29, 1.82) is 0 Å². The van der Waals surface area contributed by atoms with Crippen molar-refractivity contribution < 1.29 is 24.2 Å². The Labute approximate surface area is 245 Å². The predicted molar refractivity (Wildman–Crippen MR) is 162 cm³/mol. The molecule has 0 fully saturated rings. The van der Waals surface area contributed by atoms with Crippen LogP contribution in [0.1, 0.15) is 50.3 Å². The fourth-order valence-corrected chi connectivity index (χ4v) is 5.77. The van der Waals surface area contributed by atoms with Crippen LogP contribution in [0, 0.1) is 5.92 Å². The first-order valence-electron chi connectivity index (χ1n) is 13.6.